The molecular formula is C18H17N3O2S. The van der Waals surface area contributed by atoms with Crippen LogP contribution >= 0.6 is 11.3 Å². The quantitative estimate of drug-likeness (QED) is 0.749. The van der Waals surface area contributed by atoms with Crippen LogP contribution in [0.4, 0.5) is 0 Å². The lowest BCUT2D eigenvalue weighted by Crippen LogP contribution is -2.25. The first-order valence-corrected chi connectivity index (χ1v) is 8.42. The van der Waals surface area contributed by atoms with Crippen LogP contribution in [-0.2, 0) is 6.42 Å². The predicted molar refractivity (Wildman–Crippen MR) is 94.4 cm³/mol. The van der Waals surface area contributed by atoms with E-state index in [-0.39, 0.29) is 5.91 Å². The second-order valence-corrected chi connectivity index (χ2v) is 5.94. The number of methoxy groups -OCH3 is 1. The number of rotatable bonds is 6. The van der Waals surface area contributed by atoms with E-state index in [0.717, 1.165) is 22.0 Å². The Morgan fingerprint density at radius 1 is 1.21 bits per heavy atom. The summed E-state index contributed by atoms with van der Waals surface area (Å²) in [6.07, 6.45) is 3.90. The van der Waals surface area contributed by atoms with Gasteiger partial charge in [0.15, 0.2) is 0 Å². The van der Waals surface area contributed by atoms with Gasteiger partial charge in [-0.05, 0) is 24.3 Å². The number of para-hydroxylation sites is 1. The molecular weight excluding hydrogens is 322 g/mol. The lowest BCUT2D eigenvalue weighted by molar-refractivity contribution is 0.0954. The lowest BCUT2D eigenvalue weighted by Gasteiger charge is -2.05. The molecule has 0 saturated carbocycles. The Labute approximate surface area is 144 Å². The zero-order valence-electron chi connectivity index (χ0n) is 13.2. The number of hydrogen-bond donors (Lipinski definition) is 1. The molecule has 2 heterocycles. The number of amides is 1. The lowest BCUT2D eigenvalue weighted by atomic mass is 10.2. The van der Waals surface area contributed by atoms with Gasteiger partial charge in [0.1, 0.15) is 10.8 Å². The van der Waals surface area contributed by atoms with Gasteiger partial charge in [-0.1, -0.05) is 12.1 Å². The number of ether oxygens (including phenoxy) is 1. The maximum atomic E-state index is 12.0. The van der Waals surface area contributed by atoms with E-state index >= 15 is 0 Å². The maximum absolute atomic E-state index is 12.0. The Kier molecular flexibility index (Phi) is 5.18. The van der Waals surface area contributed by atoms with E-state index in [1.54, 1.807) is 43.0 Å². The third-order valence-electron chi connectivity index (χ3n) is 3.50. The second-order valence-electron chi connectivity index (χ2n) is 5.09. The summed E-state index contributed by atoms with van der Waals surface area (Å²) in [7, 11) is 1.65. The summed E-state index contributed by atoms with van der Waals surface area (Å²) >= 11 is 1.58. The van der Waals surface area contributed by atoms with E-state index in [0.29, 0.717) is 18.5 Å². The first kappa shape index (κ1) is 16.1. The van der Waals surface area contributed by atoms with Crippen LogP contribution in [0, 0.1) is 0 Å². The van der Waals surface area contributed by atoms with Crippen molar-refractivity contribution >= 4 is 17.2 Å². The van der Waals surface area contributed by atoms with Gasteiger partial charge in [0.25, 0.3) is 5.91 Å². The SMILES string of the molecule is COc1ccccc1-c1nc(CCNC(=O)c2ccncc2)cs1. The number of aromatic nitrogens is 2. The van der Waals surface area contributed by atoms with E-state index < -0.39 is 0 Å². The van der Waals surface area contributed by atoms with Crippen LogP contribution in [-0.4, -0.2) is 29.5 Å². The third kappa shape index (κ3) is 3.78. The molecule has 0 atom stereocenters. The minimum Gasteiger partial charge on any atom is -0.496 e. The Bertz CT molecular complexity index is 818. The monoisotopic (exact) mass is 339 g/mol. The van der Waals surface area contributed by atoms with Crippen molar-refractivity contribution in [1.82, 2.24) is 15.3 Å². The van der Waals surface area contributed by atoms with Gasteiger partial charge >= 0.3 is 0 Å². The fourth-order valence-corrected chi connectivity index (χ4v) is 3.16. The van der Waals surface area contributed by atoms with Crippen molar-refractivity contribution in [3.63, 3.8) is 0 Å². The largest absolute Gasteiger partial charge is 0.496 e. The zero-order chi connectivity index (χ0) is 16.8. The van der Waals surface area contributed by atoms with Crippen LogP contribution in [0.2, 0.25) is 0 Å². The van der Waals surface area contributed by atoms with Crippen molar-refractivity contribution in [3.05, 3.63) is 65.4 Å². The molecule has 1 amide bonds. The minimum atomic E-state index is -0.0995. The molecule has 0 saturated heterocycles. The summed E-state index contributed by atoms with van der Waals surface area (Å²) in [5.41, 5.74) is 2.55. The molecule has 0 radical (unpaired) electrons. The van der Waals surface area contributed by atoms with Crippen LogP contribution in [0.5, 0.6) is 5.75 Å². The third-order valence-corrected chi connectivity index (χ3v) is 4.42. The number of nitrogens with zero attached hydrogens (tertiary/aromatic N) is 2. The second kappa shape index (κ2) is 7.70. The zero-order valence-corrected chi connectivity index (χ0v) is 14.0. The highest BCUT2D eigenvalue weighted by atomic mass is 32.1. The maximum Gasteiger partial charge on any atom is 0.251 e. The molecule has 0 aliphatic heterocycles. The first-order valence-electron chi connectivity index (χ1n) is 7.54. The van der Waals surface area contributed by atoms with E-state index in [1.807, 2.05) is 29.6 Å². The van der Waals surface area contributed by atoms with Crippen LogP contribution in [0.15, 0.2) is 54.2 Å². The van der Waals surface area contributed by atoms with Crippen molar-refractivity contribution in [3.8, 4) is 16.3 Å². The van der Waals surface area contributed by atoms with Gasteiger partial charge in [-0.3, -0.25) is 9.78 Å². The van der Waals surface area contributed by atoms with E-state index in [1.165, 1.54) is 0 Å². The normalized spacial score (nSPS) is 10.4. The molecule has 0 aliphatic carbocycles. The molecule has 2 aromatic heterocycles. The molecule has 6 heteroatoms. The fraction of sp³-hybridized carbons (Fsp3) is 0.167. The van der Waals surface area contributed by atoms with Crippen molar-refractivity contribution in [2.75, 3.05) is 13.7 Å². The standard InChI is InChI=1S/C18H17N3O2S/c1-23-16-5-3-2-4-15(16)18-21-14(12-24-18)8-11-20-17(22)13-6-9-19-10-7-13/h2-7,9-10,12H,8,11H2,1H3,(H,20,22). The first-order chi connectivity index (χ1) is 11.8. The molecule has 5 nitrogen and oxygen atoms in total. The molecule has 122 valence electrons. The molecule has 0 spiro atoms. The smallest absolute Gasteiger partial charge is 0.251 e. The number of pyridine rings is 1. The van der Waals surface area contributed by atoms with Gasteiger partial charge in [0.2, 0.25) is 0 Å². The summed E-state index contributed by atoms with van der Waals surface area (Å²) in [4.78, 5) is 20.5. The van der Waals surface area contributed by atoms with Crippen molar-refractivity contribution in [2.24, 2.45) is 0 Å². The Morgan fingerprint density at radius 3 is 2.79 bits per heavy atom. The van der Waals surface area contributed by atoms with E-state index in [9.17, 15) is 4.79 Å². The average Bonchev–Trinajstić information content (AvgIpc) is 3.11. The number of hydrogen-bond acceptors (Lipinski definition) is 5. The Morgan fingerprint density at radius 2 is 2.00 bits per heavy atom. The van der Waals surface area contributed by atoms with Gasteiger partial charge < -0.3 is 10.1 Å². The van der Waals surface area contributed by atoms with Gasteiger partial charge in [-0.15, -0.1) is 11.3 Å². The van der Waals surface area contributed by atoms with Gasteiger partial charge in [-0.25, -0.2) is 4.98 Å². The molecule has 24 heavy (non-hydrogen) atoms. The molecule has 1 N–H and O–H groups in total. The van der Waals surface area contributed by atoms with Crippen LogP contribution in [0.3, 0.4) is 0 Å². The van der Waals surface area contributed by atoms with Crippen LogP contribution < -0.4 is 10.1 Å². The highest BCUT2D eigenvalue weighted by Crippen LogP contribution is 2.31. The van der Waals surface area contributed by atoms with Crippen molar-refractivity contribution in [1.29, 1.82) is 0 Å². The molecule has 0 aliphatic rings. The van der Waals surface area contributed by atoms with Crippen LogP contribution in [0.25, 0.3) is 10.6 Å². The molecule has 0 fully saturated rings. The van der Waals surface area contributed by atoms with Crippen molar-refractivity contribution in [2.45, 2.75) is 6.42 Å². The van der Waals surface area contributed by atoms with Gasteiger partial charge in [0, 0.05) is 36.3 Å². The van der Waals surface area contributed by atoms with E-state index in [4.69, 9.17) is 4.74 Å². The number of nitrogens with one attached hydrogen (secondary N) is 1. The molecule has 0 unspecified atom stereocenters. The highest BCUT2D eigenvalue weighted by molar-refractivity contribution is 7.13. The topological polar surface area (TPSA) is 64.1 Å². The predicted octanol–water partition coefficient (Wildman–Crippen LogP) is 3.19. The molecule has 0 bridgehead atoms. The summed E-state index contributed by atoms with van der Waals surface area (Å²) in [6, 6.07) is 11.2. The minimum absolute atomic E-state index is 0.0995. The average molecular weight is 339 g/mol. The summed E-state index contributed by atoms with van der Waals surface area (Å²) < 4.78 is 5.38. The Balaban J connectivity index is 1.60. The molecule has 3 rings (SSSR count). The highest BCUT2D eigenvalue weighted by Gasteiger charge is 2.10. The summed E-state index contributed by atoms with van der Waals surface area (Å²) in [5.74, 6) is 0.710. The van der Waals surface area contributed by atoms with Gasteiger partial charge in [-0.2, -0.15) is 0 Å². The Hall–Kier alpha value is -2.73. The van der Waals surface area contributed by atoms with E-state index in [2.05, 4.69) is 15.3 Å². The van der Waals surface area contributed by atoms with Gasteiger partial charge in [0.05, 0.1) is 18.4 Å². The number of carbonyl (C=O) groups excluding carboxylic acids is 1. The number of carbonyl (C=O) groups is 1. The number of benzene rings is 1. The molecule has 3 aromatic rings. The molecule has 1 aromatic carbocycles. The summed E-state index contributed by atoms with van der Waals surface area (Å²) in [5, 5.41) is 5.83. The summed E-state index contributed by atoms with van der Waals surface area (Å²) in [6.45, 7) is 0.538. The number of thiazole rings is 1. The fourth-order valence-electron chi connectivity index (χ4n) is 2.28. The van der Waals surface area contributed by atoms with Crippen LogP contribution in [0.1, 0.15) is 16.1 Å². The van der Waals surface area contributed by atoms with Crippen molar-refractivity contribution < 1.29 is 9.53 Å².